The predicted octanol–water partition coefficient (Wildman–Crippen LogP) is 1.33. The Kier molecular flexibility index (Phi) is 4.82. The van der Waals surface area contributed by atoms with E-state index in [1.807, 2.05) is 0 Å². The van der Waals surface area contributed by atoms with Crippen molar-refractivity contribution in [1.29, 1.82) is 0 Å². The van der Waals surface area contributed by atoms with E-state index in [1.165, 1.54) is 0 Å². The van der Waals surface area contributed by atoms with Crippen molar-refractivity contribution in [2.45, 2.75) is 50.7 Å². The molecule has 1 fully saturated rings. The fourth-order valence-corrected chi connectivity index (χ4v) is 4.01. The van der Waals surface area contributed by atoms with Gasteiger partial charge in [-0.05, 0) is 32.2 Å². The molecule has 6 nitrogen and oxygen atoms in total. The lowest BCUT2D eigenvalue weighted by molar-refractivity contribution is 0.371. The molecule has 0 unspecified atom stereocenters. The van der Waals surface area contributed by atoms with E-state index in [2.05, 4.69) is 29.4 Å². The van der Waals surface area contributed by atoms with Crippen LogP contribution < -0.4 is 5.32 Å². The van der Waals surface area contributed by atoms with E-state index in [1.54, 1.807) is 17.5 Å². The molecule has 1 aliphatic carbocycles. The van der Waals surface area contributed by atoms with Crippen molar-refractivity contribution in [3.05, 3.63) is 11.8 Å². The number of rotatable bonds is 8. The Morgan fingerprint density at radius 3 is 2.75 bits per heavy atom. The highest BCUT2D eigenvalue weighted by molar-refractivity contribution is 7.89. The van der Waals surface area contributed by atoms with Crippen LogP contribution in [0, 0.1) is 5.92 Å². The summed E-state index contributed by atoms with van der Waals surface area (Å²) in [6.07, 6.45) is 4.39. The molecule has 1 saturated carbocycles. The first-order chi connectivity index (χ1) is 9.46. The van der Waals surface area contributed by atoms with E-state index in [-0.39, 0.29) is 11.1 Å². The maximum atomic E-state index is 12.8. The van der Waals surface area contributed by atoms with Gasteiger partial charge in [0.05, 0.1) is 6.20 Å². The van der Waals surface area contributed by atoms with Gasteiger partial charge in [-0.25, -0.2) is 8.42 Å². The standard InChI is InChI=1S/C13H24N4O2S/c1-10(2)6-7-17(12-4-5-12)20(18,19)13-11(8-14-3)9-15-16-13/h9-10,12,14H,4-8H2,1-3H3,(H,15,16). The molecule has 20 heavy (non-hydrogen) atoms. The number of sulfonamides is 1. The van der Waals surface area contributed by atoms with E-state index in [0.29, 0.717) is 24.6 Å². The Balaban J connectivity index is 2.23. The van der Waals surface area contributed by atoms with Gasteiger partial charge in [-0.2, -0.15) is 9.40 Å². The van der Waals surface area contributed by atoms with Gasteiger partial charge >= 0.3 is 0 Å². The van der Waals surface area contributed by atoms with Crippen LogP contribution in [0.3, 0.4) is 0 Å². The lowest BCUT2D eigenvalue weighted by atomic mass is 10.1. The maximum Gasteiger partial charge on any atom is 0.260 e. The molecular formula is C13H24N4O2S. The molecule has 0 atom stereocenters. The Bertz CT molecular complexity index is 534. The highest BCUT2D eigenvalue weighted by Crippen LogP contribution is 2.32. The summed E-state index contributed by atoms with van der Waals surface area (Å²) in [6, 6.07) is 0.171. The van der Waals surface area contributed by atoms with Gasteiger partial charge in [0.15, 0.2) is 5.03 Å². The van der Waals surface area contributed by atoms with Gasteiger partial charge < -0.3 is 5.32 Å². The van der Waals surface area contributed by atoms with Crippen molar-refractivity contribution in [3.8, 4) is 0 Å². The van der Waals surface area contributed by atoms with Crippen molar-refractivity contribution in [2.24, 2.45) is 5.92 Å². The van der Waals surface area contributed by atoms with E-state index < -0.39 is 10.0 Å². The minimum atomic E-state index is -3.47. The molecule has 7 heteroatoms. The monoisotopic (exact) mass is 300 g/mol. The summed E-state index contributed by atoms with van der Waals surface area (Å²) < 4.78 is 27.3. The van der Waals surface area contributed by atoms with Gasteiger partial charge in [0.2, 0.25) is 0 Å². The lowest BCUT2D eigenvalue weighted by Crippen LogP contribution is -2.35. The van der Waals surface area contributed by atoms with Gasteiger partial charge in [-0.15, -0.1) is 0 Å². The van der Waals surface area contributed by atoms with Crippen molar-refractivity contribution >= 4 is 10.0 Å². The van der Waals surface area contributed by atoms with Gasteiger partial charge in [0, 0.05) is 24.7 Å². The van der Waals surface area contributed by atoms with Crippen molar-refractivity contribution in [1.82, 2.24) is 19.8 Å². The van der Waals surface area contributed by atoms with Crippen LogP contribution in [0.2, 0.25) is 0 Å². The minimum absolute atomic E-state index is 0.171. The molecule has 0 aliphatic heterocycles. The number of hydrogen-bond donors (Lipinski definition) is 2. The first kappa shape index (κ1) is 15.5. The molecule has 114 valence electrons. The Morgan fingerprint density at radius 2 is 2.20 bits per heavy atom. The second-order valence-electron chi connectivity index (χ2n) is 5.78. The zero-order valence-electron chi connectivity index (χ0n) is 12.4. The zero-order chi connectivity index (χ0) is 14.8. The summed E-state index contributed by atoms with van der Waals surface area (Å²) in [7, 11) is -1.68. The fourth-order valence-electron chi connectivity index (χ4n) is 2.20. The first-order valence-electron chi connectivity index (χ1n) is 7.15. The van der Waals surface area contributed by atoms with Crippen LogP contribution in [0.4, 0.5) is 0 Å². The minimum Gasteiger partial charge on any atom is -0.316 e. The predicted molar refractivity (Wildman–Crippen MR) is 77.7 cm³/mol. The Hall–Kier alpha value is -0.920. The molecule has 0 aromatic carbocycles. The first-order valence-corrected chi connectivity index (χ1v) is 8.59. The summed E-state index contributed by atoms with van der Waals surface area (Å²) in [4.78, 5) is 0. The number of aromatic amines is 1. The highest BCUT2D eigenvalue weighted by atomic mass is 32.2. The Morgan fingerprint density at radius 1 is 1.50 bits per heavy atom. The summed E-state index contributed by atoms with van der Waals surface area (Å²) in [6.45, 7) is 5.30. The summed E-state index contributed by atoms with van der Waals surface area (Å²) in [5.74, 6) is 0.491. The van der Waals surface area contributed by atoms with Gasteiger partial charge in [-0.1, -0.05) is 13.8 Å². The number of hydrogen-bond acceptors (Lipinski definition) is 4. The number of aromatic nitrogens is 2. The second-order valence-corrected chi connectivity index (χ2v) is 7.61. The van der Waals surface area contributed by atoms with Gasteiger partial charge in [0.25, 0.3) is 10.0 Å². The molecule has 0 spiro atoms. The fraction of sp³-hybridized carbons (Fsp3) is 0.769. The zero-order valence-corrected chi connectivity index (χ0v) is 13.2. The molecule has 1 aromatic heterocycles. The van der Waals surface area contributed by atoms with Crippen LogP contribution in [0.15, 0.2) is 11.2 Å². The van der Waals surface area contributed by atoms with Crippen LogP contribution in [-0.4, -0.2) is 42.6 Å². The summed E-state index contributed by atoms with van der Waals surface area (Å²) in [5, 5.41) is 9.77. The average molecular weight is 300 g/mol. The van der Waals surface area contributed by atoms with Crippen LogP contribution in [0.1, 0.15) is 38.7 Å². The highest BCUT2D eigenvalue weighted by Gasteiger charge is 2.39. The van der Waals surface area contributed by atoms with Crippen LogP contribution in [0.5, 0.6) is 0 Å². The quantitative estimate of drug-likeness (QED) is 0.759. The van der Waals surface area contributed by atoms with E-state index in [9.17, 15) is 8.42 Å². The van der Waals surface area contributed by atoms with Crippen LogP contribution >= 0.6 is 0 Å². The SMILES string of the molecule is CNCc1cn[nH]c1S(=O)(=O)N(CCC(C)C)C1CC1. The molecular weight excluding hydrogens is 276 g/mol. The molecule has 0 bridgehead atoms. The molecule has 1 heterocycles. The van der Waals surface area contributed by atoms with E-state index in [0.717, 1.165) is 19.3 Å². The normalized spacial score (nSPS) is 16.2. The van der Waals surface area contributed by atoms with Gasteiger partial charge in [0.1, 0.15) is 0 Å². The summed E-state index contributed by atoms with van der Waals surface area (Å²) in [5.41, 5.74) is 0.697. The third kappa shape index (κ3) is 3.39. The molecule has 1 aromatic rings. The summed E-state index contributed by atoms with van der Waals surface area (Å²) >= 11 is 0. The second kappa shape index (κ2) is 6.24. The third-order valence-corrected chi connectivity index (χ3v) is 5.46. The van der Waals surface area contributed by atoms with E-state index in [4.69, 9.17) is 0 Å². The molecule has 0 saturated heterocycles. The van der Waals surface area contributed by atoms with Crippen molar-refractivity contribution in [3.63, 3.8) is 0 Å². The maximum absolute atomic E-state index is 12.8. The number of nitrogens with one attached hydrogen (secondary N) is 2. The molecule has 1 aliphatic rings. The Labute approximate surface area is 121 Å². The van der Waals surface area contributed by atoms with Crippen molar-refractivity contribution < 1.29 is 8.42 Å². The molecule has 0 amide bonds. The number of nitrogens with zero attached hydrogens (tertiary/aromatic N) is 2. The smallest absolute Gasteiger partial charge is 0.260 e. The average Bonchev–Trinajstić information content (AvgIpc) is 3.07. The van der Waals surface area contributed by atoms with Gasteiger partial charge in [-0.3, -0.25) is 5.10 Å². The van der Waals surface area contributed by atoms with Crippen LogP contribution in [0.25, 0.3) is 0 Å². The topological polar surface area (TPSA) is 78.1 Å². The number of H-pyrrole nitrogens is 1. The largest absolute Gasteiger partial charge is 0.316 e. The molecule has 0 radical (unpaired) electrons. The molecule has 2 rings (SSSR count). The van der Waals surface area contributed by atoms with Crippen LogP contribution in [-0.2, 0) is 16.6 Å². The van der Waals surface area contributed by atoms with E-state index >= 15 is 0 Å². The third-order valence-electron chi connectivity index (χ3n) is 3.49. The lowest BCUT2D eigenvalue weighted by Gasteiger charge is -2.22. The molecule has 2 N–H and O–H groups in total. The van der Waals surface area contributed by atoms with Crippen molar-refractivity contribution in [2.75, 3.05) is 13.6 Å².